The average Bonchev–Trinajstić information content (AvgIpc) is 3.03. The van der Waals surface area contributed by atoms with E-state index in [0.29, 0.717) is 11.4 Å². The van der Waals surface area contributed by atoms with Crippen LogP contribution in [0.4, 0.5) is 0 Å². The predicted octanol–water partition coefficient (Wildman–Crippen LogP) is 3.80. The van der Waals surface area contributed by atoms with Gasteiger partial charge in [-0.3, -0.25) is 4.79 Å². The second-order valence-corrected chi connectivity index (χ2v) is 5.57. The molecule has 0 N–H and O–H groups in total. The minimum Gasteiger partial charge on any atom is -0.289 e. The number of aromatic nitrogens is 3. The van der Waals surface area contributed by atoms with Crippen LogP contribution in [-0.4, -0.2) is 20.7 Å². The van der Waals surface area contributed by atoms with Crippen molar-refractivity contribution >= 4 is 23.2 Å². The van der Waals surface area contributed by atoms with Crippen LogP contribution in [0, 0.1) is 6.92 Å². The zero-order valence-corrected chi connectivity index (χ0v) is 12.7. The van der Waals surface area contributed by atoms with Crippen molar-refractivity contribution in [2.75, 3.05) is 0 Å². The lowest BCUT2D eigenvalue weighted by molar-refractivity contribution is 0.104. The van der Waals surface area contributed by atoms with Crippen LogP contribution in [0.15, 0.2) is 54.2 Å². The molecule has 3 rings (SSSR count). The van der Waals surface area contributed by atoms with Crippen molar-refractivity contribution in [3.63, 3.8) is 0 Å². The van der Waals surface area contributed by atoms with Crippen molar-refractivity contribution < 1.29 is 4.79 Å². The molecule has 0 aliphatic carbocycles. The molecule has 0 amide bonds. The number of hydrogen-bond donors (Lipinski definition) is 0. The van der Waals surface area contributed by atoms with Crippen LogP contribution in [0.3, 0.4) is 0 Å². The van der Waals surface area contributed by atoms with Crippen LogP contribution in [-0.2, 0) is 0 Å². The lowest BCUT2D eigenvalue weighted by atomic mass is 10.1. The number of nitrogens with zero attached hydrogens (tertiary/aromatic N) is 3. The van der Waals surface area contributed by atoms with Gasteiger partial charge in [0.2, 0.25) is 0 Å². The maximum atomic E-state index is 12.1. The molecule has 0 aliphatic rings. The molecule has 0 spiro atoms. The van der Waals surface area contributed by atoms with Crippen molar-refractivity contribution in [2.45, 2.75) is 6.92 Å². The number of hydrogen-bond acceptors (Lipinski definition) is 5. The Morgan fingerprint density at radius 2 is 1.86 bits per heavy atom. The smallest absolute Gasteiger partial charge is 0.188 e. The number of thiazole rings is 1. The quantitative estimate of drug-likeness (QED) is 0.543. The van der Waals surface area contributed by atoms with Gasteiger partial charge in [-0.1, -0.05) is 29.8 Å². The van der Waals surface area contributed by atoms with E-state index in [1.807, 2.05) is 36.6 Å². The summed E-state index contributed by atoms with van der Waals surface area (Å²) in [5, 5.41) is 2.62. The number of ketones is 1. The normalized spacial score (nSPS) is 11.0. The third kappa shape index (κ3) is 3.32. The van der Waals surface area contributed by atoms with E-state index in [1.54, 1.807) is 24.5 Å². The highest BCUT2D eigenvalue weighted by Crippen LogP contribution is 2.20. The lowest BCUT2D eigenvalue weighted by Crippen LogP contribution is -1.93. The zero-order valence-electron chi connectivity index (χ0n) is 11.9. The molecule has 0 saturated heterocycles. The summed E-state index contributed by atoms with van der Waals surface area (Å²) in [5.74, 6) is 0.558. The summed E-state index contributed by atoms with van der Waals surface area (Å²) in [6.07, 6.45) is 6.61. The molecule has 0 bridgehead atoms. The molecule has 0 radical (unpaired) electrons. The second kappa shape index (κ2) is 6.41. The molecule has 0 aliphatic heterocycles. The van der Waals surface area contributed by atoms with E-state index in [4.69, 9.17) is 0 Å². The zero-order chi connectivity index (χ0) is 15.4. The Balaban J connectivity index is 1.75. The third-order valence-corrected chi connectivity index (χ3v) is 3.88. The number of carbonyl (C=O) groups excluding carboxylic acids is 1. The SMILES string of the molecule is Cc1ccc(C(=O)C=Cc2csc(-c3ncccn3)n2)cc1. The average molecular weight is 307 g/mol. The van der Waals surface area contributed by atoms with E-state index >= 15 is 0 Å². The first-order chi connectivity index (χ1) is 10.7. The van der Waals surface area contributed by atoms with E-state index in [2.05, 4.69) is 15.0 Å². The first kappa shape index (κ1) is 14.3. The van der Waals surface area contributed by atoms with Gasteiger partial charge in [0.1, 0.15) is 0 Å². The minimum absolute atomic E-state index is 0.0366. The number of benzene rings is 1. The first-order valence-corrected chi connectivity index (χ1v) is 7.62. The molecule has 0 saturated carbocycles. The number of allylic oxidation sites excluding steroid dienone is 1. The van der Waals surface area contributed by atoms with Crippen LogP contribution >= 0.6 is 11.3 Å². The molecular weight excluding hydrogens is 294 g/mol. The summed E-state index contributed by atoms with van der Waals surface area (Å²) >= 11 is 1.45. The molecule has 4 nitrogen and oxygen atoms in total. The molecule has 2 aromatic heterocycles. The summed E-state index contributed by atoms with van der Waals surface area (Å²) in [6.45, 7) is 1.99. The molecule has 0 fully saturated rings. The molecule has 2 heterocycles. The molecule has 1 aromatic carbocycles. The van der Waals surface area contributed by atoms with Gasteiger partial charge in [-0.25, -0.2) is 15.0 Å². The van der Waals surface area contributed by atoms with Gasteiger partial charge in [0.15, 0.2) is 16.6 Å². The maximum absolute atomic E-state index is 12.1. The summed E-state index contributed by atoms with van der Waals surface area (Å²) in [5.41, 5.74) is 2.53. The van der Waals surface area contributed by atoms with Gasteiger partial charge < -0.3 is 0 Å². The van der Waals surface area contributed by atoms with E-state index in [9.17, 15) is 4.79 Å². The molecule has 0 atom stereocenters. The number of carbonyl (C=O) groups is 1. The second-order valence-electron chi connectivity index (χ2n) is 4.71. The Morgan fingerprint density at radius 1 is 1.14 bits per heavy atom. The minimum atomic E-state index is -0.0366. The Bertz CT molecular complexity index is 807. The predicted molar refractivity (Wildman–Crippen MR) is 87.7 cm³/mol. The van der Waals surface area contributed by atoms with Crippen LogP contribution in [0.25, 0.3) is 16.9 Å². The van der Waals surface area contributed by atoms with Crippen LogP contribution < -0.4 is 0 Å². The highest BCUT2D eigenvalue weighted by Gasteiger charge is 2.06. The Morgan fingerprint density at radius 3 is 2.59 bits per heavy atom. The lowest BCUT2D eigenvalue weighted by Gasteiger charge is -1.96. The molecule has 0 unspecified atom stereocenters. The van der Waals surface area contributed by atoms with E-state index in [0.717, 1.165) is 16.3 Å². The van der Waals surface area contributed by atoms with Crippen LogP contribution in [0.2, 0.25) is 0 Å². The Hall–Kier alpha value is -2.66. The van der Waals surface area contributed by atoms with Crippen LogP contribution in [0.1, 0.15) is 21.6 Å². The molecule has 3 aromatic rings. The molecule has 22 heavy (non-hydrogen) atoms. The van der Waals surface area contributed by atoms with Crippen molar-refractivity contribution in [1.82, 2.24) is 15.0 Å². The fourth-order valence-corrected chi connectivity index (χ4v) is 2.58. The van der Waals surface area contributed by atoms with Gasteiger partial charge in [0.25, 0.3) is 0 Å². The van der Waals surface area contributed by atoms with E-state index in [-0.39, 0.29) is 5.78 Å². The van der Waals surface area contributed by atoms with Gasteiger partial charge >= 0.3 is 0 Å². The monoisotopic (exact) mass is 307 g/mol. The largest absolute Gasteiger partial charge is 0.289 e. The van der Waals surface area contributed by atoms with Crippen molar-refractivity contribution in [1.29, 1.82) is 0 Å². The highest BCUT2D eigenvalue weighted by atomic mass is 32.1. The van der Waals surface area contributed by atoms with Gasteiger partial charge in [-0.15, -0.1) is 11.3 Å². The topological polar surface area (TPSA) is 55.7 Å². The molecule has 5 heteroatoms. The molecule has 108 valence electrons. The van der Waals surface area contributed by atoms with E-state index < -0.39 is 0 Å². The summed E-state index contributed by atoms with van der Waals surface area (Å²) in [4.78, 5) is 24.8. The highest BCUT2D eigenvalue weighted by molar-refractivity contribution is 7.13. The van der Waals surface area contributed by atoms with Gasteiger partial charge in [0.05, 0.1) is 5.69 Å². The number of aryl methyl sites for hydroxylation is 1. The fraction of sp³-hybridized carbons (Fsp3) is 0.0588. The summed E-state index contributed by atoms with van der Waals surface area (Å²) in [6, 6.07) is 9.26. The van der Waals surface area contributed by atoms with Crippen molar-refractivity contribution in [2.24, 2.45) is 0 Å². The van der Waals surface area contributed by atoms with Gasteiger partial charge in [-0.05, 0) is 25.1 Å². The van der Waals surface area contributed by atoms with Crippen LogP contribution in [0.5, 0.6) is 0 Å². The Kier molecular flexibility index (Phi) is 4.16. The van der Waals surface area contributed by atoms with Crippen molar-refractivity contribution in [3.8, 4) is 10.8 Å². The molecular formula is C17H13N3OS. The summed E-state index contributed by atoms with van der Waals surface area (Å²) < 4.78 is 0. The summed E-state index contributed by atoms with van der Waals surface area (Å²) in [7, 11) is 0. The number of rotatable bonds is 4. The van der Waals surface area contributed by atoms with Crippen molar-refractivity contribution in [3.05, 3.63) is 71.0 Å². The van der Waals surface area contributed by atoms with Gasteiger partial charge in [-0.2, -0.15) is 0 Å². The fourth-order valence-electron chi connectivity index (χ4n) is 1.85. The first-order valence-electron chi connectivity index (χ1n) is 6.74. The third-order valence-electron chi connectivity index (χ3n) is 3.02. The maximum Gasteiger partial charge on any atom is 0.188 e. The van der Waals surface area contributed by atoms with Gasteiger partial charge in [0, 0.05) is 23.3 Å². The Labute approximate surface area is 132 Å². The van der Waals surface area contributed by atoms with E-state index in [1.165, 1.54) is 17.4 Å². The standard InChI is InChI=1S/C17H13N3OS/c1-12-3-5-13(6-4-12)15(21)8-7-14-11-22-17(20-14)16-18-9-2-10-19-16/h2-11H,1H3.